The second-order valence-corrected chi connectivity index (χ2v) is 4.96. The van der Waals surface area contributed by atoms with Gasteiger partial charge in [-0.1, -0.05) is 6.07 Å². The molecule has 0 atom stereocenters. The number of rotatable bonds is 5. The van der Waals surface area contributed by atoms with Gasteiger partial charge < -0.3 is 19.5 Å². The van der Waals surface area contributed by atoms with Gasteiger partial charge in [-0.2, -0.15) is 0 Å². The standard InChI is InChI=1S/C16H15N3O4/c1-23-13-7-10(4-5-11(13)16(21)22)8-19-12-3-2-6-17-15(12)18-14(19)9-20/h2-7,20H,8-9H2,1H3,(H,21,22). The Morgan fingerprint density at radius 3 is 2.87 bits per heavy atom. The summed E-state index contributed by atoms with van der Waals surface area (Å²) in [6.45, 7) is 0.217. The quantitative estimate of drug-likeness (QED) is 0.744. The van der Waals surface area contributed by atoms with Crippen molar-refractivity contribution >= 4 is 17.1 Å². The molecule has 7 heteroatoms. The minimum Gasteiger partial charge on any atom is -0.496 e. The summed E-state index contributed by atoms with van der Waals surface area (Å²) >= 11 is 0. The molecule has 118 valence electrons. The normalized spacial score (nSPS) is 10.9. The van der Waals surface area contributed by atoms with Crippen LogP contribution in [0, 0.1) is 0 Å². The van der Waals surface area contributed by atoms with E-state index in [2.05, 4.69) is 9.97 Å². The van der Waals surface area contributed by atoms with Crippen molar-refractivity contribution in [2.75, 3.05) is 7.11 Å². The first-order chi connectivity index (χ1) is 11.1. The summed E-state index contributed by atoms with van der Waals surface area (Å²) in [6.07, 6.45) is 1.64. The zero-order valence-electron chi connectivity index (χ0n) is 12.4. The van der Waals surface area contributed by atoms with Gasteiger partial charge in [-0.3, -0.25) is 0 Å². The van der Waals surface area contributed by atoms with Crippen LogP contribution < -0.4 is 4.74 Å². The Balaban J connectivity index is 2.04. The summed E-state index contributed by atoms with van der Waals surface area (Å²) in [5, 5.41) is 18.6. The molecule has 0 aliphatic heterocycles. The van der Waals surface area contributed by atoms with E-state index in [0.717, 1.165) is 11.1 Å². The molecule has 0 spiro atoms. The van der Waals surface area contributed by atoms with Crippen LogP contribution in [0.1, 0.15) is 21.7 Å². The largest absolute Gasteiger partial charge is 0.496 e. The van der Waals surface area contributed by atoms with Crippen LogP contribution in [0.25, 0.3) is 11.2 Å². The zero-order valence-corrected chi connectivity index (χ0v) is 12.4. The van der Waals surface area contributed by atoms with E-state index in [0.29, 0.717) is 23.8 Å². The maximum absolute atomic E-state index is 11.1. The Morgan fingerprint density at radius 1 is 1.35 bits per heavy atom. The summed E-state index contributed by atoms with van der Waals surface area (Å²) in [5.41, 5.74) is 2.31. The van der Waals surface area contributed by atoms with Gasteiger partial charge in [-0.25, -0.2) is 14.8 Å². The fourth-order valence-corrected chi connectivity index (χ4v) is 2.50. The predicted molar refractivity (Wildman–Crippen MR) is 82.5 cm³/mol. The molecule has 2 aromatic heterocycles. The number of fused-ring (bicyclic) bond motifs is 1. The summed E-state index contributed by atoms with van der Waals surface area (Å²) in [7, 11) is 1.43. The molecular weight excluding hydrogens is 298 g/mol. The topological polar surface area (TPSA) is 97.5 Å². The molecule has 0 saturated heterocycles. The van der Waals surface area contributed by atoms with Crippen LogP contribution in [0.2, 0.25) is 0 Å². The number of carbonyl (C=O) groups is 1. The summed E-state index contributed by atoms with van der Waals surface area (Å²) in [5.74, 6) is -0.246. The van der Waals surface area contributed by atoms with Gasteiger partial charge in [0.2, 0.25) is 0 Å². The number of hydrogen-bond acceptors (Lipinski definition) is 5. The van der Waals surface area contributed by atoms with E-state index in [1.165, 1.54) is 13.2 Å². The number of pyridine rings is 1. The van der Waals surface area contributed by atoms with E-state index < -0.39 is 5.97 Å². The van der Waals surface area contributed by atoms with Crippen molar-refractivity contribution in [3.8, 4) is 5.75 Å². The number of ether oxygens (including phenoxy) is 1. The van der Waals surface area contributed by atoms with Gasteiger partial charge in [-0.05, 0) is 29.8 Å². The molecule has 0 bridgehead atoms. The van der Waals surface area contributed by atoms with Crippen LogP contribution in [0.5, 0.6) is 5.75 Å². The van der Waals surface area contributed by atoms with Gasteiger partial charge in [0.1, 0.15) is 23.7 Å². The Hall–Kier alpha value is -2.93. The minimum absolute atomic E-state index is 0.107. The van der Waals surface area contributed by atoms with E-state index in [1.54, 1.807) is 24.4 Å². The fraction of sp³-hybridized carbons (Fsp3) is 0.188. The van der Waals surface area contributed by atoms with Gasteiger partial charge in [-0.15, -0.1) is 0 Å². The van der Waals surface area contributed by atoms with Crippen molar-refractivity contribution in [1.29, 1.82) is 0 Å². The number of aromatic nitrogens is 3. The number of imidazole rings is 1. The lowest BCUT2D eigenvalue weighted by Gasteiger charge is -2.11. The maximum Gasteiger partial charge on any atom is 0.339 e. The number of aliphatic hydroxyl groups is 1. The van der Waals surface area contributed by atoms with Crippen molar-refractivity contribution in [3.63, 3.8) is 0 Å². The van der Waals surface area contributed by atoms with Crippen molar-refractivity contribution in [2.45, 2.75) is 13.2 Å². The lowest BCUT2D eigenvalue weighted by Crippen LogP contribution is -2.07. The van der Waals surface area contributed by atoms with Gasteiger partial charge in [0.25, 0.3) is 0 Å². The molecule has 0 fully saturated rings. The van der Waals surface area contributed by atoms with Crippen LogP contribution >= 0.6 is 0 Å². The maximum atomic E-state index is 11.1. The molecular formula is C16H15N3O4. The third-order valence-electron chi connectivity index (χ3n) is 3.58. The number of methoxy groups -OCH3 is 1. The number of aromatic carboxylic acids is 1. The van der Waals surface area contributed by atoms with Crippen LogP contribution in [-0.2, 0) is 13.2 Å². The lowest BCUT2D eigenvalue weighted by atomic mass is 10.1. The molecule has 0 radical (unpaired) electrons. The second kappa shape index (κ2) is 6.05. The van der Waals surface area contributed by atoms with Crippen molar-refractivity contribution < 1.29 is 19.7 Å². The third-order valence-corrected chi connectivity index (χ3v) is 3.58. The number of aliphatic hydroxyl groups excluding tert-OH is 1. The van der Waals surface area contributed by atoms with Gasteiger partial charge in [0.15, 0.2) is 5.65 Å². The average molecular weight is 313 g/mol. The Bertz CT molecular complexity index is 873. The number of benzene rings is 1. The van der Waals surface area contributed by atoms with E-state index in [1.807, 2.05) is 10.6 Å². The first-order valence-electron chi connectivity index (χ1n) is 6.95. The van der Waals surface area contributed by atoms with Crippen molar-refractivity contribution in [3.05, 3.63) is 53.5 Å². The molecule has 0 saturated carbocycles. The van der Waals surface area contributed by atoms with Crippen LogP contribution in [0.4, 0.5) is 0 Å². The average Bonchev–Trinajstić information content (AvgIpc) is 2.92. The first kappa shape index (κ1) is 15.0. The van der Waals surface area contributed by atoms with Crippen LogP contribution in [-0.4, -0.2) is 37.8 Å². The lowest BCUT2D eigenvalue weighted by molar-refractivity contribution is 0.0693. The van der Waals surface area contributed by atoms with Crippen molar-refractivity contribution in [1.82, 2.24) is 14.5 Å². The Morgan fingerprint density at radius 2 is 2.17 bits per heavy atom. The molecule has 2 N–H and O–H groups in total. The van der Waals surface area contributed by atoms with E-state index in [-0.39, 0.29) is 12.2 Å². The highest BCUT2D eigenvalue weighted by atomic mass is 16.5. The molecule has 3 aromatic rings. The molecule has 3 rings (SSSR count). The second-order valence-electron chi connectivity index (χ2n) is 4.96. The smallest absolute Gasteiger partial charge is 0.339 e. The number of hydrogen-bond donors (Lipinski definition) is 2. The highest BCUT2D eigenvalue weighted by Crippen LogP contribution is 2.23. The minimum atomic E-state index is -1.04. The number of carboxylic acids is 1. The molecule has 0 aliphatic rings. The highest BCUT2D eigenvalue weighted by Gasteiger charge is 2.14. The zero-order chi connectivity index (χ0) is 16.4. The molecule has 0 unspecified atom stereocenters. The van der Waals surface area contributed by atoms with Gasteiger partial charge in [0.05, 0.1) is 12.6 Å². The molecule has 2 heterocycles. The van der Waals surface area contributed by atoms with Crippen molar-refractivity contribution in [2.24, 2.45) is 0 Å². The summed E-state index contributed by atoms with van der Waals surface area (Å²) in [6, 6.07) is 8.57. The molecule has 0 amide bonds. The predicted octanol–water partition coefficient (Wildman–Crippen LogP) is 1.68. The summed E-state index contributed by atoms with van der Waals surface area (Å²) < 4.78 is 6.99. The van der Waals surface area contributed by atoms with E-state index in [4.69, 9.17) is 9.84 Å². The van der Waals surface area contributed by atoms with E-state index >= 15 is 0 Å². The first-order valence-corrected chi connectivity index (χ1v) is 6.95. The monoisotopic (exact) mass is 313 g/mol. The van der Waals surface area contributed by atoms with Crippen LogP contribution in [0.15, 0.2) is 36.5 Å². The SMILES string of the molecule is COc1cc(Cn2c(CO)nc3ncccc32)ccc1C(=O)O. The van der Waals surface area contributed by atoms with Gasteiger partial charge in [0, 0.05) is 12.7 Å². The number of nitrogens with zero attached hydrogens (tertiary/aromatic N) is 3. The Labute approximate surface area is 131 Å². The summed E-state index contributed by atoms with van der Waals surface area (Å²) in [4.78, 5) is 19.6. The third kappa shape index (κ3) is 2.74. The molecule has 1 aromatic carbocycles. The number of carboxylic acid groups (broad SMARTS) is 1. The molecule has 23 heavy (non-hydrogen) atoms. The van der Waals surface area contributed by atoms with Crippen LogP contribution in [0.3, 0.4) is 0 Å². The molecule has 0 aliphatic carbocycles. The molecule has 7 nitrogen and oxygen atoms in total. The van der Waals surface area contributed by atoms with Gasteiger partial charge >= 0.3 is 5.97 Å². The fourth-order valence-electron chi connectivity index (χ4n) is 2.50. The Kier molecular flexibility index (Phi) is 3.94. The van der Waals surface area contributed by atoms with E-state index in [9.17, 15) is 9.90 Å². The highest BCUT2D eigenvalue weighted by molar-refractivity contribution is 5.91.